The minimum absolute atomic E-state index is 0.00969. The number of carbonyl (C=O) groups excluding carboxylic acids is 1. The van der Waals surface area contributed by atoms with Gasteiger partial charge >= 0.3 is 0 Å². The molecule has 6 nitrogen and oxygen atoms in total. The summed E-state index contributed by atoms with van der Waals surface area (Å²) >= 11 is 1.58. The molecule has 2 aliphatic rings. The van der Waals surface area contributed by atoms with Crippen LogP contribution in [0.15, 0.2) is 18.2 Å². The standard InChI is InChI=1S/C19H23N3O3S/c1-20-19-22-18-17(26-19)13(10-16(23)21-18)11-7-8-14(24-2)15(9-11)25-12-5-3-4-6-12/h7-9,12-13H,3-6,10H2,1-2H3,(H,20,22)(H,21,23)/t13-/m1/s1. The maximum absolute atomic E-state index is 12.2. The van der Waals surface area contributed by atoms with Gasteiger partial charge in [-0.2, -0.15) is 0 Å². The summed E-state index contributed by atoms with van der Waals surface area (Å²) in [4.78, 5) is 17.7. The van der Waals surface area contributed by atoms with Gasteiger partial charge in [0.25, 0.3) is 0 Å². The lowest BCUT2D eigenvalue weighted by Gasteiger charge is -2.23. The number of rotatable bonds is 5. The largest absolute Gasteiger partial charge is 0.493 e. The monoisotopic (exact) mass is 373 g/mol. The van der Waals surface area contributed by atoms with E-state index >= 15 is 0 Å². The van der Waals surface area contributed by atoms with Gasteiger partial charge in [-0.15, -0.1) is 0 Å². The quantitative estimate of drug-likeness (QED) is 0.829. The number of hydrogen-bond donors (Lipinski definition) is 2. The van der Waals surface area contributed by atoms with Gasteiger partial charge in [-0.1, -0.05) is 17.4 Å². The summed E-state index contributed by atoms with van der Waals surface area (Å²) in [6.07, 6.45) is 5.27. The molecule has 1 saturated carbocycles. The fourth-order valence-corrected chi connectivity index (χ4v) is 4.69. The smallest absolute Gasteiger partial charge is 0.226 e. The number of nitrogens with one attached hydrogen (secondary N) is 2. The Morgan fingerprint density at radius 2 is 2.08 bits per heavy atom. The van der Waals surface area contributed by atoms with Crippen LogP contribution in [0.25, 0.3) is 0 Å². The molecule has 0 bridgehead atoms. The number of aromatic nitrogens is 1. The van der Waals surface area contributed by atoms with Crippen molar-refractivity contribution >= 4 is 28.2 Å². The van der Waals surface area contributed by atoms with Crippen LogP contribution in [-0.2, 0) is 4.79 Å². The number of fused-ring (bicyclic) bond motifs is 1. The van der Waals surface area contributed by atoms with Crippen molar-refractivity contribution in [2.45, 2.75) is 44.1 Å². The van der Waals surface area contributed by atoms with Crippen molar-refractivity contribution in [1.29, 1.82) is 0 Å². The predicted octanol–water partition coefficient (Wildman–Crippen LogP) is 3.99. The van der Waals surface area contributed by atoms with E-state index in [2.05, 4.69) is 15.6 Å². The van der Waals surface area contributed by atoms with Crippen LogP contribution in [0.2, 0.25) is 0 Å². The molecule has 4 rings (SSSR count). The first kappa shape index (κ1) is 17.1. The highest BCUT2D eigenvalue weighted by Gasteiger charge is 2.31. The van der Waals surface area contributed by atoms with E-state index in [0.29, 0.717) is 12.2 Å². The van der Waals surface area contributed by atoms with Crippen LogP contribution < -0.4 is 20.1 Å². The second-order valence-corrected chi connectivity index (χ2v) is 7.75. The topological polar surface area (TPSA) is 72.5 Å². The number of benzene rings is 1. The van der Waals surface area contributed by atoms with E-state index < -0.39 is 0 Å². The van der Waals surface area contributed by atoms with Crippen LogP contribution in [0.4, 0.5) is 10.9 Å². The van der Waals surface area contributed by atoms with Gasteiger partial charge in [-0.25, -0.2) is 4.98 Å². The third-order valence-electron chi connectivity index (χ3n) is 5.02. The van der Waals surface area contributed by atoms with Gasteiger partial charge in [0.05, 0.1) is 18.1 Å². The van der Waals surface area contributed by atoms with Crippen LogP contribution >= 0.6 is 11.3 Å². The summed E-state index contributed by atoms with van der Waals surface area (Å²) in [7, 11) is 3.49. The highest BCUT2D eigenvalue weighted by atomic mass is 32.1. The number of carbonyl (C=O) groups is 1. The minimum atomic E-state index is -0.0183. The highest BCUT2D eigenvalue weighted by Crippen LogP contribution is 2.44. The molecule has 1 fully saturated rings. The molecule has 1 aliphatic heterocycles. The van der Waals surface area contributed by atoms with Crippen molar-refractivity contribution in [3.8, 4) is 11.5 Å². The van der Waals surface area contributed by atoms with Crippen LogP contribution in [-0.4, -0.2) is 31.2 Å². The SMILES string of the molecule is CNc1nc2c(s1)[C@@H](c1ccc(OC)c(OC3CCCC3)c1)CC(=O)N2. The fraction of sp³-hybridized carbons (Fsp3) is 0.474. The van der Waals surface area contributed by atoms with Crippen LogP contribution in [0, 0.1) is 0 Å². The lowest BCUT2D eigenvalue weighted by molar-refractivity contribution is -0.116. The molecule has 26 heavy (non-hydrogen) atoms. The molecule has 1 aromatic heterocycles. The zero-order valence-electron chi connectivity index (χ0n) is 15.0. The third kappa shape index (κ3) is 3.23. The van der Waals surface area contributed by atoms with E-state index in [1.54, 1.807) is 18.4 Å². The Morgan fingerprint density at radius 1 is 1.27 bits per heavy atom. The van der Waals surface area contributed by atoms with Gasteiger partial charge in [0.1, 0.15) is 5.82 Å². The van der Waals surface area contributed by atoms with Gasteiger partial charge in [-0.05, 0) is 43.4 Å². The first-order chi connectivity index (χ1) is 12.7. The number of ether oxygens (including phenoxy) is 2. The lowest BCUT2D eigenvalue weighted by Crippen LogP contribution is -2.22. The Hall–Kier alpha value is -2.28. The molecule has 2 N–H and O–H groups in total. The molecule has 0 saturated heterocycles. The number of hydrogen-bond acceptors (Lipinski definition) is 6. The third-order valence-corrected chi connectivity index (χ3v) is 6.20. The van der Waals surface area contributed by atoms with Crippen molar-refractivity contribution in [3.63, 3.8) is 0 Å². The summed E-state index contributed by atoms with van der Waals surface area (Å²) in [5, 5.41) is 6.74. The zero-order valence-corrected chi connectivity index (χ0v) is 15.8. The predicted molar refractivity (Wildman–Crippen MR) is 103 cm³/mol. The summed E-state index contributed by atoms with van der Waals surface area (Å²) < 4.78 is 11.7. The molecule has 1 aromatic carbocycles. The average molecular weight is 373 g/mol. The molecule has 1 amide bonds. The van der Waals surface area contributed by atoms with Crippen molar-refractivity contribution in [2.24, 2.45) is 0 Å². The Morgan fingerprint density at radius 3 is 2.81 bits per heavy atom. The summed E-state index contributed by atoms with van der Waals surface area (Å²) in [6.45, 7) is 0. The van der Waals surface area contributed by atoms with Crippen LogP contribution in [0.1, 0.15) is 48.5 Å². The molecule has 2 heterocycles. The Kier molecular flexibility index (Phi) is 4.72. The molecule has 7 heteroatoms. The Balaban J connectivity index is 1.69. The first-order valence-corrected chi connectivity index (χ1v) is 9.82. The molecule has 1 aliphatic carbocycles. The van der Waals surface area contributed by atoms with Crippen molar-refractivity contribution in [1.82, 2.24) is 4.98 Å². The summed E-state index contributed by atoms with van der Waals surface area (Å²) in [5.74, 6) is 2.14. The molecule has 0 unspecified atom stereocenters. The average Bonchev–Trinajstić information content (AvgIpc) is 3.30. The molecule has 138 valence electrons. The molecule has 2 aromatic rings. The number of nitrogens with zero attached hydrogens (tertiary/aromatic N) is 1. The minimum Gasteiger partial charge on any atom is -0.493 e. The van der Waals surface area contributed by atoms with Crippen molar-refractivity contribution in [3.05, 3.63) is 28.6 Å². The van der Waals surface area contributed by atoms with Crippen LogP contribution in [0.3, 0.4) is 0 Å². The number of anilines is 2. The molecule has 0 spiro atoms. The maximum atomic E-state index is 12.2. The molecule has 0 radical (unpaired) electrons. The number of thiazole rings is 1. The van der Waals surface area contributed by atoms with Crippen molar-refractivity contribution < 1.29 is 14.3 Å². The molecular weight excluding hydrogens is 350 g/mol. The highest BCUT2D eigenvalue weighted by molar-refractivity contribution is 7.16. The van der Waals surface area contributed by atoms with E-state index in [9.17, 15) is 4.79 Å². The van der Waals surface area contributed by atoms with E-state index in [1.165, 1.54) is 12.8 Å². The van der Waals surface area contributed by atoms with E-state index in [0.717, 1.165) is 39.9 Å². The van der Waals surface area contributed by atoms with E-state index in [-0.39, 0.29) is 17.9 Å². The first-order valence-electron chi connectivity index (χ1n) is 9.01. The number of methoxy groups -OCH3 is 1. The lowest BCUT2D eigenvalue weighted by atomic mass is 9.91. The molecule has 1 atom stereocenters. The maximum Gasteiger partial charge on any atom is 0.226 e. The second-order valence-electron chi connectivity index (χ2n) is 6.72. The number of amides is 1. The summed E-state index contributed by atoms with van der Waals surface area (Å²) in [5.41, 5.74) is 1.06. The normalized spacial score (nSPS) is 19.8. The zero-order chi connectivity index (χ0) is 18.1. The second kappa shape index (κ2) is 7.15. The van der Waals surface area contributed by atoms with Gasteiger partial charge < -0.3 is 20.1 Å². The Labute approximate surface area is 156 Å². The summed E-state index contributed by atoms with van der Waals surface area (Å²) in [6, 6.07) is 5.99. The van der Waals surface area contributed by atoms with Gasteiger partial charge in [0, 0.05) is 19.4 Å². The Bertz CT molecular complexity index is 814. The van der Waals surface area contributed by atoms with Crippen LogP contribution in [0.5, 0.6) is 11.5 Å². The van der Waals surface area contributed by atoms with E-state index in [1.807, 2.05) is 25.2 Å². The van der Waals surface area contributed by atoms with Crippen molar-refractivity contribution in [2.75, 3.05) is 24.8 Å². The van der Waals surface area contributed by atoms with Gasteiger partial charge in [0.15, 0.2) is 16.6 Å². The van der Waals surface area contributed by atoms with Gasteiger partial charge in [0.2, 0.25) is 5.91 Å². The van der Waals surface area contributed by atoms with E-state index in [4.69, 9.17) is 9.47 Å². The molecular formula is C19H23N3O3S. The fourth-order valence-electron chi connectivity index (χ4n) is 3.68. The van der Waals surface area contributed by atoms with Gasteiger partial charge in [-0.3, -0.25) is 4.79 Å².